The first-order valence-electron chi connectivity index (χ1n) is 5.83. The fraction of sp³-hybridized carbons (Fsp3) is 1.00. The maximum atomic E-state index is 5.36. The topological polar surface area (TPSA) is 15.7 Å². The largest absolute Gasteiger partial charge is 0.379 e. The van der Waals surface area contributed by atoms with Crippen molar-refractivity contribution >= 4 is 0 Å². The van der Waals surface area contributed by atoms with Crippen LogP contribution in [0.5, 0.6) is 0 Å². The van der Waals surface area contributed by atoms with E-state index in [-0.39, 0.29) is 0 Å². The lowest BCUT2D eigenvalue weighted by Crippen LogP contribution is -2.42. The molecule has 0 unspecified atom stereocenters. The molecular formula is C11H22N2O. The van der Waals surface area contributed by atoms with E-state index in [0.717, 1.165) is 32.2 Å². The van der Waals surface area contributed by atoms with E-state index < -0.39 is 0 Å². The molecule has 0 N–H and O–H groups in total. The minimum atomic E-state index is 0.935. The average molecular weight is 198 g/mol. The van der Waals surface area contributed by atoms with Gasteiger partial charge in [-0.2, -0.15) is 0 Å². The Morgan fingerprint density at radius 1 is 1.07 bits per heavy atom. The summed E-state index contributed by atoms with van der Waals surface area (Å²) >= 11 is 0. The number of piperidine rings is 1. The Bertz CT molecular complexity index is 161. The van der Waals surface area contributed by atoms with Crippen LogP contribution >= 0.6 is 0 Å². The van der Waals surface area contributed by atoms with Crippen LogP contribution in [0.3, 0.4) is 0 Å². The van der Waals surface area contributed by atoms with Crippen molar-refractivity contribution < 1.29 is 4.74 Å². The summed E-state index contributed by atoms with van der Waals surface area (Å²) in [4.78, 5) is 5.01. The molecule has 0 aliphatic carbocycles. The molecule has 0 aromatic rings. The van der Waals surface area contributed by atoms with Gasteiger partial charge in [-0.25, -0.2) is 0 Å². The van der Waals surface area contributed by atoms with Gasteiger partial charge in [-0.3, -0.25) is 4.90 Å². The third-order valence-electron chi connectivity index (χ3n) is 3.46. The molecule has 2 rings (SSSR count). The van der Waals surface area contributed by atoms with Gasteiger partial charge in [0, 0.05) is 19.6 Å². The van der Waals surface area contributed by atoms with Gasteiger partial charge in [0.1, 0.15) is 0 Å². The van der Waals surface area contributed by atoms with Crippen molar-refractivity contribution in [2.45, 2.75) is 12.8 Å². The first kappa shape index (κ1) is 10.4. The Hall–Kier alpha value is -0.120. The summed E-state index contributed by atoms with van der Waals surface area (Å²) in [6.45, 7) is 8.04. The number of nitrogens with zero attached hydrogens (tertiary/aromatic N) is 2. The Morgan fingerprint density at radius 3 is 2.36 bits per heavy atom. The van der Waals surface area contributed by atoms with Crippen molar-refractivity contribution in [1.82, 2.24) is 9.80 Å². The Balaban J connectivity index is 1.68. The number of morpholine rings is 1. The third kappa shape index (κ3) is 2.94. The van der Waals surface area contributed by atoms with Crippen LogP contribution < -0.4 is 0 Å². The van der Waals surface area contributed by atoms with Crippen molar-refractivity contribution in [1.29, 1.82) is 0 Å². The quantitative estimate of drug-likeness (QED) is 0.648. The van der Waals surface area contributed by atoms with Gasteiger partial charge in [-0.05, 0) is 38.9 Å². The van der Waals surface area contributed by atoms with E-state index in [4.69, 9.17) is 4.74 Å². The summed E-state index contributed by atoms with van der Waals surface area (Å²) in [5.74, 6) is 0.935. The zero-order chi connectivity index (χ0) is 9.80. The maximum absolute atomic E-state index is 5.36. The predicted molar refractivity (Wildman–Crippen MR) is 57.5 cm³/mol. The number of hydrogen-bond acceptors (Lipinski definition) is 3. The Labute approximate surface area is 87.0 Å². The van der Waals surface area contributed by atoms with Crippen molar-refractivity contribution in [3.8, 4) is 0 Å². The summed E-state index contributed by atoms with van der Waals surface area (Å²) in [7, 11) is 2.23. The second kappa shape index (κ2) is 5.10. The second-order valence-electron chi connectivity index (χ2n) is 4.66. The van der Waals surface area contributed by atoms with E-state index in [9.17, 15) is 0 Å². The number of likely N-dealkylation sites (tertiary alicyclic amines) is 1. The summed E-state index contributed by atoms with van der Waals surface area (Å²) in [6.07, 6.45) is 2.77. The first-order chi connectivity index (χ1) is 6.84. The van der Waals surface area contributed by atoms with E-state index >= 15 is 0 Å². The van der Waals surface area contributed by atoms with Crippen molar-refractivity contribution in [2.24, 2.45) is 5.92 Å². The molecule has 2 fully saturated rings. The molecular weight excluding hydrogens is 176 g/mol. The second-order valence-corrected chi connectivity index (χ2v) is 4.66. The van der Waals surface area contributed by atoms with Crippen LogP contribution in [0.15, 0.2) is 0 Å². The van der Waals surface area contributed by atoms with Crippen molar-refractivity contribution in [3.63, 3.8) is 0 Å². The molecule has 2 aliphatic rings. The first-order valence-corrected chi connectivity index (χ1v) is 5.83. The SMILES string of the molecule is CN1CCC(CN2CCOCC2)CC1. The molecule has 2 aliphatic heterocycles. The fourth-order valence-electron chi connectivity index (χ4n) is 2.39. The minimum absolute atomic E-state index is 0.935. The molecule has 0 atom stereocenters. The molecule has 2 saturated heterocycles. The highest BCUT2D eigenvalue weighted by atomic mass is 16.5. The number of ether oxygens (including phenoxy) is 1. The van der Waals surface area contributed by atoms with E-state index in [1.165, 1.54) is 32.5 Å². The number of hydrogen-bond donors (Lipinski definition) is 0. The lowest BCUT2D eigenvalue weighted by atomic mass is 9.96. The van der Waals surface area contributed by atoms with E-state index in [1.807, 2.05) is 0 Å². The number of rotatable bonds is 2. The molecule has 0 aromatic heterocycles. The van der Waals surface area contributed by atoms with Crippen LogP contribution in [0.25, 0.3) is 0 Å². The molecule has 2 heterocycles. The van der Waals surface area contributed by atoms with Gasteiger partial charge >= 0.3 is 0 Å². The molecule has 0 bridgehead atoms. The summed E-state index contributed by atoms with van der Waals surface area (Å²) in [6, 6.07) is 0. The summed E-state index contributed by atoms with van der Waals surface area (Å²) < 4.78 is 5.36. The monoisotopic (exact) mass is 198 g/mol. The van der Waals surface area contributed by atoms with E-state index in [2.05, 4.69) is 16.8 Å². The zero-order valence-electron chi connectivity index (χ0n) is 9.24. The third-order valence-corrected chi connectivity index (χ3v) is 3.46. The van der Waals surface area contributed by atoms with Gasteiger partial charge in [0.25, 0.3) is 0 Å². The van der Waals surface area contributed by atoms with Gasteiger partial charge < -0.3 is 9.64 Å². The lowest BCUT2D eigenvalue weighted by Gasteiger charge is -2.34. The molecule has 3 nitrogen and oxygen atoms in total. The molecule has 0 saturated carbocycles. The van der Waals surface area contributed by atoms with Gasteiger partial charge in [0.05, 0.1) is 13.2 Å². The van der Waals surface area contributed by atoms with E-state index in [1.54, 1.807) is 0 Å². The molecule has 82 valence electrons. The molecule has 0 radical (unpaired) electrons. The highest BCUT2D eigenvalue weighted by molar-refractivity contribution is 4.74. The molecule has 0 aromatic carbocycles. The van der Waals surface area contributed by atoms with Gasteiger partial charge in [0.15, 0.2) is 0 Å². The normalized spacial score (nSPS) is 28.1. The smallest absolute Gasteiger partial charge is 0.0594 e. The highest BCUT2D eigenvalue weighted by Crippen LogP contribution is 2.17. The predicted octanol–water partition coefficient (Wildman–Crippen LogP) is 0.660. The molecule has 0 amide bonds. The standard InChI is InChI=1S/C11H22N2O/c1-12-4-2-11(3-5-12)10-13-6-8-14-9-7-13/h11H,2-10H2,1H3. The van der Waals surface area contributed by atoms with Crippen molar-refractivity contribution in [3.05, 3.63) is 0 Å². The summed E-state index contributed by atoms with van der Waals surface area (Å²) in [5, 5.41) is 0. The van der Waals surface area contributed by atoms with Crippen LogP contribution in [0.2, 0.25) is 0 Å². The van der Waals surface area contributed by atoms with Crippen LogP contribution in [0.4, 0.5) is 0 Å². The Morgan fingerprint density at radius 2 is 1.71 bits per heavy atom. The maximum Gasteiger partial charge on any atom is 0.0594 e. The van der Waals surface area contributed by atoms with Crippen LogP contribution in [0, 0.1) is 5.92 Å². The molecule has 3 heteroatoms. The molecule has 0 spiro atoms. The highest BCUT2D eigenvalue weighted by Gasteiger charge is 2.20. The minimum Gasteiger partial charge on any atom is -0.379 e. The fourth-order valence-corrected chi connectivity index (χ4v) is 2.39. The molecule has 14 heavy (non-hydrogen) atoms. The zero-order valence-corrected chi connectivity index (χ0v) is 9.24. The average Bonchev–Trinajstić information content (AvgIpc) is 2.23. The summed E-state index contributed by atoms with van der Waals surface area (Å²) in [5.41, 5.74) is 0. The van der Waals surface area contributed by atoms with Gasteiger partial charge in [0.2, 0.25) is 0 Å². The van der Waals surface area contributed by atoms with Crippen molar-refractivity contribution in [2.75, 3.05) is 53.0 Å². The van der Waals surface area contributed by atoms with Crippen LogP contribution in [0.1, 0.15) is 12.8 Å². The van der Waals surface area contributed by atoms with Crippen LogP contribution in [-0.2, 0) is 4.74 Å². The Kier molecular flexibility index (Phi) is 3.79. The van der Waals surface area contributed by atoms with Gasteiger partial charge in [-0.1, -0.05) is 0 Å². The van der Waals surface area contributed by atoms with E-state index in [0.29, 0.717) is 0 Å². The van der Waals surface area contributed by atoms with Crippen LogP contribution in [-0.4, -0.2) is 62.8 Å². The van der Waals surface area contributed by atoms with Gasteiger partial charge in [-0.15, -0.1) is 0 Å². The lowest BCUT2D eigenvalue weighted by molar-refractivity contribution is 0.0255.